The summed E-state index contributed by atoms with van der Waals surface area (Å²) in [6.45, 7) is 2.22. The number of carbonyl (C=O) groups excluding carboxylic acids is 1. The molecule has 0 spiro atoms. The normalized spacial score (nSPS) is 28.6. The summed E-state index contributed by atoms with van der Waals surface area (Å²) in [5.41, 5.74) is 0.978. The van der Waals surface area contributed by atoms with E-state index >= 15 is 0 Å². The monoisotopic (exact) mass is 222 g/mol. The molecule has 1 saturated heterocycles. The van der Waals surface area contributed by atoms with E-state index in [1.165, 1.54) is 32.1 Å². The van der Waals surface area contributed by atoms with Crippen molar-refractivity contribution < 1.29 is 9.53 Å². The van der Waals surface area contributed by atoms with Gasteiger partial charge in [-0.2, -0.15) is 0 Å². The van der Waals surface area contributed by atoms with Crippen molar-refractivity contribution in [3.05, 3.63) is 11.6 Å². The maximum absolute atomic E-state index is 11.6. The lowest BCUT2D eigenvalue weighted by Gasteiger charge is -2.19. The second-order valence-corrected chi connectivity index (χ2v) is 4.99. The third kappa shape index (κ3) is 2.47. The minimum absolute atomic E-state index is 0.0369. The standard InChI is InChI=1S/C14H22O2/c1-2-3-4-5-10-13-11-8-6-7-9-12(11)14(15)16-13/h9,11,13H,2-8,10H2,1H3/t11-,13+/m0/s1. The lowest BCUT2D eigenvalue weighted by molar-refractivity contribution is -0.139. The smallest absolute Gasteiger partial charge is 0.334 e. The van der Waals surface area contributed by atoms with Gasteiger partial charge in [0.05, 0.1) is 0 Å². The van der Waals surface area contributed by atoms with Crippen LogP contribution in [0.1, 0.15) is 58.3 Å². The molecule has 1 heterocycles. The van der Waals surface area contributed by atoms with Crippen molar-refractivity contribution in [3.63, 3.8) is 0 Å². The van der Waals surface area contributed by atoms with Crippen LogP contribution in [0.3, 0.4) is 0 Å². The first-order valence-electron chi connectivity index (χ1n) is 6.74. The molecule has 1 aliphatic heterocycles. The Balaban J connectivity index is 1.84. The summed E-state index contributed by atoms with van der Waals surface area (Å²) < 4.78 is 5.48. The molecule has 1 fully saturated rings. The molecule has 0 radical (unpaired) electrons. The first-order chi connectivity index (χ1) is 7.83. The van der Waals surface area contributed by atoms with Gasteiger partial charge >= 0.3 is 5.97 Å². The van der Waals surface area contributed by atoms with E-state index in [4.69, 9.17) is 4.74 Å². The van der Waals surface area contributed by atoms with Gasteiger partial charge in [0.15, 0.2) is 0 Å². The Hall–Kier alpha value is -0.790. The van der Waals surface area contributed by atoms with Gasteiger partial charge < -0.3 is 4.74 Å². The van der Waals surface area contributed by atoms with Crippen LogP contribution in [0.5, 0.6) is 0 Å². The molecule has 0 aromatic carbocycles. The number of esters is 1. The lowest BCUT2D eigenvalue weighted by atomic mass is 9.84. The van der Waals surface area contributed by atoms with Crippen LogP contribution < -0.4 is 0 Å². The molecule has 0 aromatic heterocycles. The zero-order valence-electron chi connectivity index (χ0n) is 10.2. The molecule has 1 aliphatic carbocycles. The van der Waals surface area contributed by atoms with Crippen LogP contribution in [0.15, 0.2) is 11.6 Å². The summed E-state index contributed by atoms with van der Waals surface area (Å²) in [6, 6.07) is 0. The minimum Gasteiger partial charge on any atom is -0.458 e. The van der Waals surface area contributed by atoms with E-state index in [0.29, 0.717) is 5.92 Å². The number of rotatable bonds is 5. The van der Waals surface area contributed by atoms with Gasteiger partial charge in [-0.3, -0.25) is 0 Å². The molecule has 16 heavy (non-hydrogen) atoms. The van der Waals surface area contributed by atoms with Crippen LogP contribution in [0.4, 0.5) is 0 Å². The number of cyclic esters (lactones) is 1. The third-order valence-corrected chi connectivity index (χ3v) is 3.77. The Morgan fingerprint density at radius 3 is 3.06 bits per heavy atom. The Morgan fingerprint density at radius 1 is 1.38 bits per heavy atom. The summed E-state index contributed by atoms with van der Waals surface area (Å²) >= 11 is 0. The SMILES string of the molecule is CCCCCC[C@H]1OC(=O)C2=CCCC[C@@H]21. The van der Waals surface area contributed by atoms with Crippen molar-refractivity contribution in [2.75, 3.05) is 0 Å². The van der Waals surface area contributed by atoms with E-state index < -0.39 is 0 Å². The van der Waals surface area contributed by atoms with Crippen molar-refractivity contribution in [3.8, 4) is 0 Å². The zero-order chi connectivity index (χ0) is 11.4. The van der Waals surface area contributed by atoms with Gasteiger partial charge in [-0.05, 0) is 32.1 Å². The molecule has 2 rings (SSSR count). The molecule has 90 valence electrons. The summed E-state index contributed by atoms with van der Waals surface area (Å²) in [5.74, 6) is 0.382. The largest absolute Gasteiger partial charge is 0.458 e. The molecule has 0 saturated carbocycles. The van der Waals surface area contributed by atoms with E-state index in [1.807, 2.05) is 0 Å². The van der Waals surface area contributed by atoms with Gasteiger partial charge in [0.2, 0.25) is 0 Å². The number of ether oxygens (including phenoxy) is 1. The molecule has 0 N–H and O–H groups in total. The van der Waals surface area contributed by atoms with E-state index in [2.05, 4.69) is 13.0 Å². The molecule has 2 aliphatic rings. The topological polar surface area (TPSA) is 26.3 Å². The van der Waals surface area contributed by atoms with E-state index in [0.717, 1.165) is 24.8 Å². The van der Waals surface area contributed by atoms with Gasteiger partial charge in [-0.1, -0.05) is 32.3 Å². The molecule has 2 atom stereocenters. The molecule has 2 heteroatoms. The van der Waals surface area contributed by atoms with E-state index in [9.17, 15) is 4.79 Å². The highest BCUT2D eigenvalue weighted by Gasteiger charge is 2.39. The fraction of sp³-hybridized carbons (Fsp3) is 0.786. The van der Waals surface area contributed by atoms with Crippen LogP contribution >= 0.6 is 0 Å². The number of allylic oxidation sites excluding steroid dienone is 1. The zero-order valence-corrected chi connectivity index (χ0v) is 10.2. The fourth-order valence-electron chi connectivity index (χ4n) is 2.84. The average molecular weight is 222 g/mol. The second-order valence-electron chi connectivity index (χ2n) is 4.99. The Labute approximate surface area is 98.1 Å². The van der Waals surface area contributed by atoms with Gasteiger partial charge in [0, 0.05) is 11.5 Å². The van der Waals surface area contributed by atoms with Crippen molar-refractivity contribution in [2.45, 2.75) is 64.4 Å². The molecular formula is C14H22O2. The number of hydrogen-bond acceptors (Lipinski definition) is 2. The first kappa shape index (κ1) is 11.7. The van der Waals surface area contributed by atoms with Crippen molar-refractivity contribution in [2.24, 2.45) is 5.92 Å². The maximum Gasteiger partial charge on any atom is 0.334 e. The van der Waals surface area contributed by atoms with Gasteiger partial charge in [-0.25, -0.2) is 4.79 Å². The molecule has 0 bridgehead atoms. The summed E-state index contributed by atoms with van der Waals surface area (Å²) in [4.78, 5) is 11.6. The summed E-state index contributed by atoms with van der Waals surface area (Å²) in [6.07, 6.45) is 11.8. The molecule has 0 aromatic rings. The Morgan fingerprint density at radius 2 is 2.25 bits per heavy atom. The number of fused-ring (bicyclic) bond motifs is 1. The second kappa shape index (κ2) is 5.51. The number of unbranched alkanes of at least 4 members (excludes halogenated alkanes) is 3. The third-order valence-electron chi connectivity index (χ3n) is 3.77. The van der Waals surface area contributed by atoms with Gasteiger partial charge in [0.1, 0.15) is 6.10 Å². The summed E-state index contributed by atoms with van der Waals surface area (Å²) in [5, 5.41) is 0. The number of hydrogen-bond donors (Lipinski definition) is 0. The van der Waals surface area contributed by atoms with Gasteiger partial charge in [0.25, 0.3) is 0 Å². The first-order valence-corrected chi connectivity index (χ1v) is 6.74. The van der Waals surface area contributed by atoms with Crippen molar-refractivity contribution in [1.29, 1.82) is 0 Å². The number of carbonyl (C=O) groups is 1. The average Bonchev–Trinajstić information content (AvgIpc) is 2.63. The molecule has 0 amide bonds. The molecule has 0 unspecified atom stereocenters. The highest BCUT2D eigenvalue weighted by molar-refractivity contribution is 5.91. The van der Waals surface area contributed by atoms with Gasteiger partial charge in [-0.15, -0.1) is 0 Å². The quantitative estimate of drug-likeness (QED) is 0.524. The highest BCUT2D eigenvalue weighted by Crippen LogP contribution is 2.37. The van der Waals surface area contributed by atoms with Crippen LogP contribution in [0.2, 0.25) is 0 Å². The maximum atomic E-state index is 11.6. The molecular weight excluding hydrogens is 200 g/mol. The lowest BCUT2D eigenvalue weighted by Crippen LogP contribution is -2.18. The van der Waals surface area contributed by atoms with E-state index in [-0.39, 0.29) is 12.1 Å². The van der Waals surface area contributed by atoms with Crippen LogP contribution in [0, 0.1) is 5.92 Å². The predicted octanol–water partition coefficient (Wildman–Crippen LogP) is 3.61. The van der Waals surface area contributed by atoms with Crippen LogP contribution in [-0.2, 0) is 9.53 Å². The van der Waals surface area contributed by atoms with Crippen LogP contribution in [-0.4, -0.2) is 12.1 Å². The highest BCUT2D eigenvalue weighted by atomic mass is 16.6. The summed E-state index contributed by atoms with van der Waals surface area (Å²) in [7, 11) is 0. The van der Waals surface area contributed by atoms with Crippen LogP contribution in [0.25, 0.3) is 0 Å². The Kier molecular flexibility index (Phi) is 4.03. The van der Waals surface area contributed by atoms with Crippen molar-refractivity contribution >= 4 is 5.97 Å². The Bertz CT molecular complexity index is 280. The molecule has 2 nitrogen and oxygen atoms in total. The van der Waals surface area contributed by atoms with Crippen molar-refractivity contribution in [1.82, 2.24) is 0 Å². The fourth-order valence-corrected chi connectivity index (χ4v) is 2.84. The minimum atomic E-state index is -0.0369. The van der Waals surface area contributed by atoms with E-state index in [1.54, 1.807) is 0 Å². The predicted molar refractivity (Wildman–Crippen MR) is 64.1 cm³/mol.